The van der Waals surface area contributed by atoms with Crippen molar-refractivity contribution in [2.24, 2.45) is 0 Å². The molecule has 19 heavy (non-hydrogen) atoms. The van der Waals surface area contributed by atoms with E-state index in [1.807, 2.05) is 32.2 Å². The van der Waals surface area contributed by atoms with E-state index in [1.165, 1.54) is 11.3 Å². The molecule has 0 aliphatic carbocycles. The van der Waals surface area contributed by atoms with Crippen molar-refractivity contribution in [1.29, 1.82) is 0 Å². The SMILES string of the molecule is Cc1cc(C)c(C)c(OCC(=O)Nc2nccs2)c1. The lowest BCUT2D eigenvalue weighted by molar-refractivity contribution is -0.118. The van der Waals surface area contributed by atoms with Gasteiger partial charge in [0.15, 0.2) is 11.7 Å². The Hall–Kier alpha value is -1.88. The molecule has 0 bridgehead atoms. The van der Waals surface area contributed by atoms with Crippen LogP contribution in [0.3, 0.4) is 0 Å². The minimum absolute atomic E-state index is 0.0106. The molecule has 0 spiro atoms. The van der Waals surface area contributed by atoms with Crippen LogP contribution < -0.4 is 10.1 Å². The quantitative estimate of drug-likeness (QED) is 0.933. The summed E-state index contributed by atoms with van der Waals surface area (Å²) in [5.41, 5.74) is 3.35. The Morgan fingerprint density at radius 1 is 1.37 bits per heavy atom. The third-order valence-corrected chi connectivity index (χ3v) is 3.49. The van der Waals surface area contributed by atoms with Gasteiger partial charge >= 0.3 is 0 Å². The van der Waals surface area contributed by atoms with Crippen molar-refractivity contribution in [3.8, 4) is 5.75 Å². The number of benzene rings is 1. The van der Waals surface area contributed by atoms with Crippen LogP contribution in [0.1, 0.15) is 16.7 Å². The Kier molecular flexibility index (Phi) is 4.16. The maximum atomic E-state index is 11.7. The normalized spacial score (nSPS) is 10.3. The number of anilines is 1. The van der Waals surface area contributed by atoms with Crippen molar-refractivity contribution in [3.05, 3.63) is 40.4 Å². The number of carbonyl (C=O) groups excluding carboxylic acids is 1. The lowest BCUT2D eigenvalue weighted by Crippen LogP contribution is -2.20. The Morgan fingerprint density at radius 3 is 2.84 bits per heavy atom. The van der Waals surface area contributed by atoms with Gasteiger partial charge in [-0.3, -0.25) is 10.1 Å². The number of amides is 1. The van der Waals surface area contributed by atoms with Crippen LogP contribution in [0.2, 0.25) is 0 Å². The molecule has 5 heteroatoms. The molecule has 1 amide bonds. The summed E-state index contributed by atoms with van der Waals surface area (Å²) in [6, 6.07) is 4.04. The molecular weight excluding hydrogens is 260 g/mol. The van der Waals surface area contributed by atoms with Crippen molar-refractivity contribution in [2.45, 2.75) is 20.8 Å². The predicted octanol–water partition coefficient (Wildman–Crippen LogP) is 3.09. The van der Waals surface area contributed by atoms with Crippen LogP contribution in [0.5, 0.6) is 5.75 Å². The molecule has 0 aliphatic heterocycles. The summed E-state index contributed by atoms with van der Waals surface area (Å²) in [7, 11) is 0. The van der Waals surface area contributed by atoms with Gasteiger partial charge in [-0.05, 0) is 43.5 Å². The summed E-state index contributed by atoms with van der Waals surface area (Å²) < 4.78 is 5.57. The number of aromatic nitrogens is 1. The number of hydrogen-bond acceptors (Lipinski definition) is 4. The van der Waals surface area contributed by atoms with Gasteiger partial charge in [-0.15, -0.1) is 11.3 Å². The average Bonchev–Trinajstić information content (AvgIpc) is 2.84. The minimum Gasteiger partial charge on any atom is -0.483 e. The maximum Gasteiger partial charge on any atom is 0.264 e. The largest absolute Gasteiger partial charge is 0.483 e. The summed E-state index contributed by atoms with van der Waals surface area (Å²) in [4.78, 5) is 15.7. The number of rotatable bonds is 4. The number of thiazole rings is 1. The van der Waals surface area contributed by atoms with Gasteiger partial charge in [-0.2, -0.15) is 0 Å². The summed E-state index contributed by atoms with van der Waals surface area (Å²) in [5.74, 6) is 0.556. The number of hydrogen-bond donors (Lipinski definition) is 1. The van der Waals surface area contributed by atoms with Crippen LogP contribution in [0.4, 0.5) is 5.13 Å². The molecule has 1 N–H and O–H groups in total. The molecule has 0 saturated carbocycles. The van der Waals surface area contributed by atoms with E-state index in [-0.39, 0.29) is 12.5 Å². The van der Waals surface area contributed by atoms with E-state index in [0.29, 0.717) is 5.13 Å². The van der Waals surface area contributed by atoms with Crippen LogP contribution >= 0.6 is 11.3 Å². The van der Waals surface area contributed by atoms with Crippen LogP contribution in [0.15, 0.2) is 23.7 Å². The summed E-state index contributed by atoms with van der Waals surface area (Å²) >= 11 is 1.38. The summed E-state index contributed by atoms with van der Waals surface area (Å²) in [6.07, 6.45) is 1.65. The molecule has 1 heterocycles. The molecule has 2 rings (SSSR count). The molecule has 4 nitrogen and oxygen atoms in total. The fourth-order valence-corrected chi connectivity index (χ4v) is 2.28. The number of ether oxygens (including phenoxy) is 1. The second kappa shape index (κ2) is 5.84. The van der Waals surface area contributed by atoms with E-state index in [4.69, 9.17) is 4.74 Å². The Labute approximate surface area is 116 Å². The van der Waals surface area contributed by atoms with E-state index in [9.17, 15) is 4.79 Å². The summed E-state index contributed by atoms with van der Waals surface area (Å²) in [6.45, 7) is 6.02. The lowest BCUT2D eigenvalue weighted by Gasteiger charge is -2.11. The van der Waals surface area contributed by atoms with Crippen molar-refractivity contribution in [3.63, 3.8) is 0 Å². The molecule has 1 aromatic heterocycles. The van der Waals surface area contributed by atoms with Crippen molar-refractivity contribution >= 4 is 22.4 Å². The van der Waals surface area contributed by atoms with Crippen LogP contribution in [0, 0.1) is 20.8 Å². The monoisotopic (exact) mass is 276 g/mol. The zero-order valence-corrected chi connectivity index (χ0v) is 12.0. The van der Waals surface area contributed by atoms with Crippen molar-refractivity contribution < 1.29 is 9.53 Å². The first-order valence-corrected chi connectivity index (χ1v) is 6.84. The highest BCUT2D eigenvalue weighted by atomic mass is 32.1. The molecule has 0 fully saturated rings. The fourth-order valence-electron chi connectivity index (χ4n) is 1.73. The first-order valence-electron chi connectivity index (χ1n) is 5.96. The minimum atomic E-state index is -0.200. The number of aryl methyl sites for hydroxylation is 2. The maximum absolute atomic E-state index is 11.7. The van der Waals surface area contributed by atoms with Crippen LogP contribution in [0.25, 0.3) is 0 Å². The molecule has 0 unspecified atom stereocenters. The second-order valence-electron chi connectivity index (χ2n) is 4.38. The van der Waals surface area contributed by atoms with Gasteiger partial charge in [0.2, 0.25) is 0 Å². The highest BCUT2D eigenvalue weighted by molar-refractivity contribution is 7.13. The number of nitrogens with zero attached hydrogens (tertiary/aromatic N) is 1. The fraction of sp³-hybridized carbons (Fsp3) is 0.286. The van der Waals surface area contributed by atoms with Gasteiger partial charge in [0.1, 0.15) is 5.75 Å². The summed E-state index contributed by atoms with van der Waals surface area (Å²) in [5, 5.41) is 5.08. The van der Waals surface area contributed by atoms with E-state index in [0.717, 1.165) is 22.4 Å². The topological polar surface area (TPSA) is 51.2 Å². The van der Waals surface area contributed by atoms with Crippen LogP contribution in [-0.2, 0) is 4.79 Å². The Balaban J connectivity index is 1.97. The first-order chi connectivity index (χ1) is 9.06. The lowest BCUT2D eigenvalue weighted by atomic mass is 10.1. The third kappa shape index (κ3) is 3.54. The smallest absolute Gasteiger partial charge is 0.264 e. The van der Waals surface area contributed by atoms with Crippen molar-refractivity contribution in [2.75, 3.05) is 11.9 Å². The molecule has 100 valence electrons. The Bertz CT molecular complexity index is 579. The molecular formula is C14H16N2O2S. The van der Waals surface area contributed by atoms with E-state index in [2.05, 4.69) is 16.4 Å². The Morgan fingerprint density at radius 2 is 2.16 bits per heavy atom. The van der Waals surface area contributed by atoms with Gasteiger partial charge in [0, 0.05) is 11.6 Å². The molecule has 0 atom stereocenters. The number of carbonyl (C=O) groups is 1. The predicted molar refractivity (Wildman–Crippen MR) is 76.9 cm³/mol. The first kappa shape index (κ1) is 13.5. The van der Waals surface area contributed by atoms with Gasteiger partial charge in [0.05, 0.1) is 0 Å². The molecule has 0 radical (unpaired) electrons. The van der Waals surface area contributed by atoms with E-state index in [1.54, 1.807) is 6.20 Å². The van der Waals surface area contributed by atoms with Gasteiger partial charge < -0.3 is 4.74 Å². The molecule has 1 aromatic carbocycles. The van der Waals surface area contributed by atoms with E-state index < -0.39 is 0 Å². The highest BCUT2D eigenvalue weighted by Crippen LogP contribution is 2.23. The van der Waals surface area contributed by atoms with Gasteiger partial charge in [-0.1, -0.05) is 6.07 Å². The van der Waals surface area contributed by atoms with Crippen molar-refractivity contribution in [1.82, 2.24) is 4.98 Å². The zero-order chi connectivity index (χ0) is 13.8. The van der Waals surface area contributed by atoms with Gasteiger partial charge in [-0.25, -0.2) is 4.98 Å². The molecule has 2 aromatic rings. The third-order valence-electron chi connectivity index (χ3n) is 2.80. The second-order valence-corrected chi connectivity index (χ2v) is 5.27. The molecule has 0 saturated heterocycles. The van der Waals surface area contributed by atoms with Crippen LogP contribution in [-0.4, -0.2) is 17.5 Å². The molecule has 0 aliphatic rings. The standard InChI is InChI=1S/C14H16N2O2S/c1-9-6-10(2)11(3)12(7-9)18-8-13(17)16-14-15-4-5-19-14/h4-7H,8H2,1-3H3,(H,15,16,17). The van der Waals surface area contributed by atoms with E-state index >= 15 is 0 Å². The zero-order valence-electron chi connectivity index (χ0n) is 11.2. The highest BCUT2D eigenvalue weighted by Gasteiger charge is 2.08. The average molecular weight is 276 g/mol. The van der Waals surface area contributed by atoms with Gasteiger partial charge in [0.25, 0.3) is 5.91 Å². The number of nitrogens with one attached hydrogen (secondary N) is 1.